The van der Waals surface area contributed by atoms with Gasteiger partial charge in [0, 0.05) is 74.3 Å². The number of hydrogen-bond acceptors (Lipinski definition) is 10. The number of fused-ring (bicyclic) bond motifs is 2. The van der Waals surface area contributed by atoms with Gasteiger partial charge in [-0.05, 0) is 52.2 Å². The van der Waals surface area contributed by atoms with Crippen LogP contribution in [0, 0.1) is 0 Å². The highest BCUT2D eigenvalue weighted by Gasteiger charge is 2.32. The molecule has 2 aliphatic heterocycles. The Balaban J connectivity index is 0.000000276. The van der Waals surface area contributed by atoms with Crippen molar-refractivity contribution in [1.82, 2.24) is 9.80 Å². The second-order valence-corrected chi connectivity index (χ2v) is 9.46. The molecule has 0 saturated heterocycles. The quantitative estimate of drug-likeness (QED) is 0.310. The van der Waals surface area contributed by atoms with Crippen molar-refractivity contribution >= 4 is 34.7 Å². The molecule has 2 heterocycles. The fraction of sp³-hybridized carbons (Fsp3) is 0.481. The van der Waals surface area contributed by atoms with Crippen LogP contribution < -0.4 is 21.3 Å². The second-order valence-electron chi connectivity index (χ2n) is 9.46. The van der Waals surface area contributed by atoms with E-state index in [1.807, 2.05) is 14.1 Å². The molecule has 12 nitrogen and oxygen atoms in total. The highest BCUT2D eigenvalue weighted by Crippen LogP contribution is 2.40. The van der Waals surface area contributed by atoms with Gasteiger partial charge < -0.3 is 41.0 Å². The Kier molecular flexibility index (Phi) is 11.8. The van der Waals surface area contributed by atoms with Crippen LogP contribution in [-0.2, 0) is 22.6 Å². The van der Waals surface area contributed by atoms with Gasteiger partial charge in [0.15, 0.2) is 0 Å². The van der Waals surface area contributed by atoms with E-state index in [1.54, 1.807) is 14.2 Å². The topological polar surface area (TPSA) is 158 Å². The van der Waals surface area contributed by atoms with Gasteiger partial charge in [0.05, 0.1) is 24.5 Å². The molecule has 0 spiro atoms. The second kappa shape index (κ2) is 14.5. The summed E-state index contributed by atoms with van der Waals surface area (Å²) in [5.74, 6) is -1.83. The molecule has 0 aliphatic carbocycles. The predicted octanol–water partition coefficient (Wildman–Crippen LogP) is 2.63. The lowest BCUT2D eigenvalue weighted by Crippen LogP contribution is -2.44. The van der Waals surface area contributed by atoms with Crippen LogP contribution in [-0.4, -0.2) is 93.5 Å². The Bertz CT molecular complexity index is 1080. The molecule has 2 aromatic rings. The SMILES string of the molecule is CCN1CN(C)Cc2c1cc1c(c2C(=O)O)CN(C)CN1CC.COCOC.Nc1cc(N)cc(C(=O)O)c1. The molecule has 4 rings (SSSR count). The molecule has 0 fully saturated rings. The number of carboxylic acid groups (broad SMARTS) is 2. The third-order valence-electron chi connectivity index (χ3n) is 6.29. The van der Waals surface area contributed by atoms with Gasteiger partial charge in [-0.1, -0.05) is 0 Å². The van der Waals surface area contributed by atoms with Crippen molar-refractivity contribution < 1.29 is 29.3 Å². The third kappa shape index (κ3) is 8.20. The van der Waals surface area contributed by atoms with Crippen molar-refractivity contribution in [1.29, 1.82) is 0 Å². The Morgan fingerprint density at radius 3 is 1.54 bits per heavy atom. The maximum absolute atomic E-state index is 12.1. The van der Waals surface area contributed by atoms with E-state index in [9.17, 15) is 14.7 Å². The first-order valence-electron chi connectivity index (χ1n) is 12.6. The molecular formula is C27H42N6O6. The van der Waals surface area contributed by atoms with Gasteiger partial charge in [-0.25, -0.2) is 9.59 Å². The maximum atomic E-state index is 12.1. The number of carboxylic acids is 2. The standard InChI is InChI=1S/C17H26N4O2.C7H8N2O2.C3H8O2/c1-5-20-10-18(3)8-12-14(20)7-15-13(16(12)17(22)23)9-19(4)11-21(15)6-2;8-5-1-4(7(10)11)2-6(9)3-5;1-4-3-5-2/h7H,5-6,8-11H2,1-4H3,(H,22,23);1-3H,8-9H2,(H,10,11);3H2,1-2H3. The molecule has 2 aliphatic rings. The van der Waals surface area contributed by atoms with E-state index in [1.165, 1.54) is 18.2 Å². The van der Waals surface area contributed by atoms with Crippen LogP contribution in [0.25, 0.3) is 0 Å². The van der Waals surface area contributed by atoms with Crippen LogP contribution in [0.1, 0.15) is 45.7 Å². The van der Waals surface area contributed by atoms with E-state index in [0.29, 0.717) is 36.8 Å². The largest absolute Gasteiger partial charge is 0.478 e. The summed E-state index contributed by atoms with van der Waals surface area (Å²) in [6.45, 7) is 9.44. The number of hydrogen-bond donors (Lipinski definition) is 4. The number of carbonyl (C=O) groups is 2. The zero-order valence-corrected chi connectivity index (χ0v) is 23.7. The minimum Gasteiger partial charge on any atom is -0.478 e. The molecule has 0 unspecified atom stereocenters. The maximum Gasteiger partial charge on any atom is 0.336 e. The smallest absolute Gasteiger partial charge is 0.336 e. The molecule has 6 N–H and O–H groups in total. The zero-order chi connectivity index (χ0) is 29.3. The number of benzene rings is 2. The molecule has 0 amide bonds. The molecule has 0 bridgehead atoms. The molecule has 2 aromatic carbocycles. The van der Waals surface area contributed by atoms with E-state index in [4.69, 9.17) is 16.6 Å². The molecule has 0 atom stereocenters. The number of ether oxygens (including phenoxy) is 2. The lowest BCUT2D eigenvalue weighted by atomic mass is 9.93. The lowest BCUT2D eigenvalue weighted by molar-refractivity contribution is -0.00272. The number of methoxy groups -OCH3 is 2. The third-order valence-corrected chi connectivity index (χ3v) is 6.29. The molecule has 0 radical (unpaired) electrons. The molecule has 216 valence electrons. The Morgan fingerprint density at radius 1 is 0.795 bits per heavy atom. The van der Waals surface area contributed by atoms with Crippen LogP contribution in [0.3, 0.4) is 0 Å². The average molecular weight is 547 g/mol. The van der Waals surface area contributed by atoms with Crippen molar-refractivity contribution in [3.05, 3.63) is 46.5 Å². The zero-order valence-electron chi connectivity index (χ0n) is 23.7. The van der Waals surface area contributed by atoms with Crippen LogP contribution >= 0.6 is 0 Å². The summed E-state index contributed by atoms with van der Waals surface area (Å²) >= 11 is 0. The summed E-state index contributed by atoms with van der Waals surface area (Å²) in [6.07, 6.45) is 0. The van der Waals surface area contributed by atoms with Crippen molar-refractivity contribution in [3.8, 4) is 0 Å². The molecule has 0 aromatic heterocycles. The van der Waals surface area contributed by atoms with E-state index in [-0.39, 0.29) is 5.56 Å². The van der Waals surface area contributed by atoms with E-state index in [0.717, 1.165) is 48.9 Å². The number of aromatic carboxylic acids is 2. The summed E-state index contributed by atoms with van der Waals surface area (Å²) in [5.41, 5.74) is 16.1. The number of nitrogens with two attached hydrogens (primary N) is 2. The fourth-order valence-corrected chi connectivity index (χ4v) is 4.72. The summed E-state index contributed by atoms with van der Waals surface area (Å²) < 4.78 is 8.94. The minimum absolute atomic E-state index is 0.113. The molecular weight excluding hydrogens is 504 g/mol. The summed E-state index contributed by atoms with van der Waals surface area (Å²) in [7, 11) is 7.26. The van der Waals surface area contributed by atoms with Crippen LogP contribution in [0.15, 0.2) is 24.3 Å². The average Bonchev–Trinajstić information content (AvgIpc) is 2.87. The number of rotatable bonds is 6. The number of anilines is 4. The van der Waals surface area contributed by atoms with Gasteiger partial charge in [0.2, 0.25) is 0 Å². The first kappa shape index (κ1) is 31.6. The van der Waals surface area contributed by atoms with E-state index >= 15 is 0 Å². The van der Waals surface area contributed by atoms with E-state index < -0.39 is 11.9 Å². The molecule has 39 heavy (non-hydrogen) atoms. The first-order chi connectivity index (χ1) is 18.5. The number of nitrogen functional groups attached to an aromatic ring is 2. The van der Waals surface area contributed by atoms with Crippen molar-refractivity contribution in [2.75, 3.05) is 82.8 Å². The number of nitrogens with zero attached hydrogens (tertiary/aromatic N) is 4. The minimum atomic E-state index is -1.02. The summed E-state index contributed by atoms with van der Waals surface area (Å²) in [4.78, 5) is 31.3. The van der Waals surface area contributed by atoms with E-state index in [2.05, 4.69) is 49.0 Å². The summed E-state index contributed by atoms with van der Waals surface area (Å²) in [6, 6.07) is 6.44. The Labute approximate surface area is 230 Å². The summed E-state index contributed by atoms with van der Waals surface area (Å²) in [5, 5.41) is 18.4. The van der Waals surface area contributed by atoms with Crippen LogP contribution in [0.5, 0.6) is 0 Å². The van der Waals surface area contributed by atoms with Gasteiger partial charge in [0.1, 0.15) is 6.79 Å². The fourth-order valence-electron chi connectivity index (χ4n) is 4.72. The molecule has 12 heteroatoms. The highest BCUT2D eigenvalue weighted by atomic mass is 16.6. The van der Waals surface area contributed by atoms with Gasteiger partial charge in [-0.2, -0.15) is 0 Å². The molecule has 0 saturated carbocycles. The Hall–Kier alpha value is -3.58. The van der Waals surface area contributed by atoms with Gasteiger partial charge in [-0.15, -0.1) is 0 Å². The monoisotopic (exact) mass is 546 g/mol. The predicted molar refractivity (Wildman–Crippen MR) is 153 cm³/mol. The highest BCUT2D eigenvalue weighted by molar-refractivity contribution is 5.96. The van der Waals surface area contributed by atoms with Gasteiger partial charge in [0.25, 0.3) is 0 Å². The first-order valence-corrected chi connectivity index (χ1v) is 12.6. The van der Waals surface area contributed by atoms with Crippen molar-refractivity contribution in [2.45, 2.75) is 26.9 Å². The van der Waals surface area contributed by atoms with Gasteiger partial charge in [-0.3, -0.25) is 9.80 Å². The Morgan fingerprint density at radius 2 is 1.23 bits per heavy atom. The van der Waals surface area contributed by atoms with Crippen LogP contribution in [0.4, 0.5) is 22.7 Å². The van der Waals surface area contributed by atoms with Crippen LogP contribution in [0.2, 0.25) is 0 Å². The van der Waals surface area contributed by atoms with Crippen molar-refractivity contribution in [3.63, 3.8) is 0 Å². The normalized spacial score (nSPS) is 14.8. The van der Waals surface area contributed by atoms with Gasteiger partial charge >= 0.3 is 11.9 Å². The van der Waals surface area contributed by atoms with Crippen molar-refractivity contribution in [2.24, 2.45) is 0 Å². The lowest BCUT2D eigenvalue weighted by Gasteiger charge is -2.42.